The molecule has 138 valence electrons. The van der Waals surface area contributed by atoms with E-state index in [4.69, 9.17) is 9.15 Å². The van der Waals surface area contributed by atoms with Gasteiger partial charge in [-0.2, -0.15) is 0 Å². The molecule has 27 heavy (non-hydrogen) atoms. The molecule has 2 heterocycles. The molecule has 0 aliphatic heterocycles. The maximum atomic E-state index is 12.9. The van der Waals surface area contributed by atoms with Crippen molar-refractivity contribution in [3.63, 3.8) is 0 Å². The average Bonchev–Trinajstić information content (AvgIpc) is 3.37. The van der Waals surface area contributed by atoms with Gasteiger partial charge >= 0.3 is 5.97 Å². The summed E-state index contributed by atoms with van der Waals surface area (Å²) < 4.78 is 12.3. The fourth-order valence-corrected chi connectivity index (χ4v) is 3.33. The van der Waals surface area contributed by atoms with Crippen molar-refractivity contribution >= 4 is 16.9 Å². The van der Waals surface area contributed by atoms with E-state index in [0.717, 1.165) is 12.8 Å². The quantitative estimate of drug-likeness (QED) is 0.495. The van der Waals surface area contributed by atoms with Crippen LogP contribution in [0.4, 0.5) is 0 Å². The molecule has 0 fully saturated rings. The number of carbonyl (C=O) groups is 1. The Hall–Kier alpha value is -3.15. The van der Waals surface area contributed by atoms with Gasteiger partial charge in [0.2, 0.25) is 0 Å². The molecule has 0 N–H and O–H groups in total. The highest BCUT2D eigenvalue weighted by atomic mass is 16.5. The smallest absolute Gasteiger partial charge is 0.306 e. The lowest BCUT2D eigenvalue weighted by Crippen LogP contribution is -2.27. The Kier molecular flexibility index (Phi) is 4.87. The summed E-state index contributed by atoms with van der Waals surface area (Å²) in [6.07, 6.45) is 8.04. The van der Waals surface area contributed by atoms with Crippen LogP contribution < -0.4 is 5.56 Å². The summed E-state index contributed by atoms with van der Waals surface area (Å²) in [5, 5.41) is 0.523. The molecule has 1 aromatic carbocycles. The Morgan fingerprint density at radius 2 is 2.15 bits per heavy atom. The predicted molar refractivity (Wildman–Crippen MR) is 100 cm³/mol. The van der Waals surface area contributed by atoms with E-state index in [0.29, 0.717) is 28.9 Å². The summed E-state index contributed by atoms with van der Waals surface area (Å²) in [7, 11) is 0. The molecule has 0 saturated heterocycles. The molecule has 1 atom stereocenters. The minimum absolute atomic E-state index is 0.0456. The van der Waals surface area contributed by atoms with Gasteiger partial charge in [-0.05, 0) is 43.0 Å². The van der Waals surface area contributed by atoms with Gasteiger partial charge in [-0.1, -0.05) is 24.3 Å². The second kappa shape index (κ2) is 7.61. The van der Waals surface area contributed by atoms with Gasteiger partial charge in [-0.3, -0.25) is 14.2 Å². The number of hydrogen-bond donors (Lipinski definition) is 0. The van der Waals surface area contributed by atoms with Crippen molar-refractivity contribution in [2.75, 3.05) is 0 Å². The Labute approximate surface area is 156 Å². The summed E-state index contributed by atoms with van der Waals surface area (Å²) in [4.78, 5) is 29.6. The van der Waals surface area contributed by atoms with E-state index in [9.17, 15) is 9.59 Å². The highest BCUT2D eigenvalue weighted by Crippen LogP contribution is 2.21. The third kappa shape index (κ3) is 3.84. The fraction of sp³-hybridized carbons (Fsp3) is 0.286. The van der Waals surface area contributed by atoms with Crippen LogP contribution in [0.3, 0.4) is 0 Å². The Morgan fingerprint density at radius 3 is 2.93 bits per heavy atom. The molecular formula is C21H20N2O4. The Bertz CT molecular complexity index is 1030. The average molecular weight is 364 g/mol. The van der Waals surface area contributed by atoms with Crippen LogP contribution >= 0.6 is 0 Å². The summed E-state index contributed by atoms with van der Waals surface area (Å²) in [6, 6.07) is 10.7. The van der Waals surface area contributed by atoms with Crippen molar-refractivity contribution < 1.29 is 13.9 Å². The normalized spacial score (nSPS) is 16.1. The van der Waals surface area contributed by atoms with Crippen molar-refractivity contribution in [1.82, 2.24) is 9.55 Å². The molecule has 0 spiro atoms. The first-order valence-corrected chi connectivity index (χ1v) is 9.04. The van der Waals surface area contributed by atoms with E-state index in [1.807, 2.05) is 6.07 Å². The van der Waals surface area contributed by atoms with Crippen molar-refractivity contribution in [1.29, 1.82) is 0 Å². The van der Waals surface area contributed by atoms with Crippen LogP contribution in [-0.2, 0) is 22.7 Å². The van der Waals surface area contributed by atoms with E-state index in [-0.39, 0.29) is 30.6 Å². The van der Waals surface area contributed by atoms with Gasteiger partial charge in [-0.15, -0.1) is 0 Å². The van der Waals surface area contributed by atoms with Crippen molar-refractivity contribution in [3.05, 3.63) is 76.8 Å². The summed E-state index contributed by atoms with van der Waals surface area (Å²) in [5.41, 5.74) is 0.407. The second-order valence-electron chi connectivity index (χ2n) is 6.65. The number of nitrogens with zero attached hydrogens (tertiary/aromatic N) is 2. The first-order chi connectivity index (χ1) is 13.2. The van der Waals surface area contributed by atoms with Crippen LogP contribution in [0, 0.1) is 5.92 Å². The van der Waals surface area contributed by atoms with Crippen LogP contribution in [0.25, 0.3) is 10.9 Å². The van der Waals surface area contributed by atoms with Crippen LogP contribution in [-0.4, -0.2) is 15.5 Å². The fourth-order valence-electron chi connectivity index (χ4n) is 3.33. The Morgan fingerprint density at radius 1 is 1.26 bits per heavy atom. The molecule has 0 bridgehead atoms. The van der Waals surface area contributed by atoms with Gasteiger partial charge in [0.05, 0.1) is 30.1 Å². The SMILES string of the molecule is O=C(C[C@H]1C=CCC1)OCc1nc2ccccc2c(=O)n1Cc1ccco1. The number of para-hydroxylation sites is 1. The maximum Gasteiger partial charge on any atom is 0.306 e. The van der Waals surface area contributed by atoms with Crippen LogP contribution in [0.15, 0.2) is 64.0 Å². The first-order valence-electron chi connectivity index (χ1n) is 9.04. The molecule has 0 saturated carbocycles. The number of allylic oxidation sites excluding steroid dienone is 2. The zero-order chi connectivity index (χ0) is 18.6. The van der Waals surface area contributed by atoms with Gasteiger partial charge in [0.25, 0.3) is 5.56 Å². The number of benzene rings is 1. The van der Waals surface area contributed by atoms with E-state index >= 15 is 0 Å². The second-order valence-corrected chi connectivity index (χ2v) is 6.65. The monoisotopic (exact) mass is 364 g/mol. The number of aromatic nitrogens is 2. The highest BCUT2D eigenvalue weighted by molar-refractivity contribution is 5.77. The molecule has 6 nitrogen and oxygen atoms in total. The zero-order valence-electron chi connectivity index (χ0n) is 14.8. The number of carbonyl (C=O) groups excluding carboxylic acids is 1. The summed E-state index contributed by atoms with van der Waals surface area (Å²) in [5.74, 6) is 1.01. The van der Waals surface area contributed by atoms with Gasteiger partial charge in [0.1, 0.15) is 12.4 Å². The number of rotatable bonds is 6. The van der Waals surface area contributed by atoms with Crippen molar-refractivity contribution in [3.8, 4) is 0 Å². The summed E-state index contributed by atoms with van der Waals surface area (Å²) >= 11 is 0. The van der Waals surface area contributed by atoms with Crippen LogP contribution in [0.2, 0.25) is 0 Å². The predicted octanol–water partition coefficient (Wildman–Crippen LogP) is 3.44. The number of hydrogen-bond acceptors (Lipinski definition) is 5. The van der Waals surface area contributed by atoms with Crippen molar-refractivity contribution in [2.24, 2.45) is 5.92 Å². The zero-order valence-corrected chi connectivity index (χ0v) is 14.8. The van der Waals surface area contributed by atoms with Crippen molar-refractivity contribution in [2.45, 2.75) is 32.4 Å². The lowest BCUT2D eigenvalue weighted by Gasteiger charge is -2.13. The number of furan rings is 1. The van der Waals surface area contributed by atoms with Gasteiger partial charge in [0.15, 0.2) is 5.82 Å². The lowest BCUT2D eigenvalue weighted by molar-refractivity contribution is -0.146. The molecule has 0 unspecified atom stereocenters. The Balaban J connectivity index is 1.60. The lowest BCUT2D eigenvalue weighted by atomic mass is 10.1. The molecule has 2 aromatic heterocycles. The van der Waals surface area contributed by atoms with Gasteiger partial charge in [-0.25, -0.2) is 4.98 Å². The van der Waals surface area contributed by atoms with Crippen LogP contribution in [0.5, 0.6) is 0 Å². The minimum Gasteiger partial charge on any atom is -0.467 e. The molecule has 1 aliphatic carbocycles. The molecule has 6 heteroatoms. The van der Waals surface area contributed by atoms with E-state index in [2.05, 4.69) is 17.1 Å². The van der Waals surface area contributed by atoms with E-state index in [1.165, 1.54) is 4.57 Å². The topological polar surface area (TPSA) is 74.3 Å². The maximum absolute atomic E-state index is 12.9. The molecule has 3 aromatic rings. The number of ether oxygens (including phenoxy) is 1. The summed E-state index contributed by atoms with van der Waals surface area (Å²) in [6.45, 7) is 0.192. The van der Waals surface area contributed by atoms with Crippen LogP contribution in [0.1, 0.15) is 30.8 Å². The molecule has 0 amide bonds. The molecule has 1 aliphatic rings. The minimum atomic E-state index is -0.279. The van der Waals surface area contributed by atoms with Gasteiger partial charge in [0, 0.05) is 0 Å². The number of fused-ring (bicyclic) bond motifs is 1. The highest BCUT2D eigenvalue weighted by Gasteiger charge is 2.17. The molecular weight excluding hydrogens is 344 g/mol. The third-order valence-electron chi connectivity index (χ3n) is 4.74. The molecule has 0 radical (unpaired) electrons. The standard InChI is InChI=1S/C21H20N2O4/c24-20(12-15-6-1-2-7-15)27-14-19-22-18-10-4-3-9-17(18)21(25)23(19)13-16-8-5-11-26-16/h1,3-6,8-11,15H,2,7,12-14H2/t15-/m0/s1. The van der Waals surface area contributed by atoms with E-state index < -0.39 is 0 Å². The first kappa shape index (κ1) is 17.3. The number of esters is 1. The largest absolute Gasteiger partial charge is 0.467 e. The van der Waals surface area contributed by atoms with Gasteiger partial charge < -0.3 is 9.15 Å². The third-order valence-corrected chi connectivity index (χ3v) is 4.74. The van der Waals surface area contributed by atoms with E-state index in [1.54, 1.807) is 36.6 Å². The molecule has 4 rings (SSSR count).